The molecule has 0 aliphatic heterocycles. The molecule has 5 nitrogen and oxygen atoms in total. The molecular formula is C10H18N4O. The maximum absolute atomic E-state index is 11.3. The number of carbonyl (C=O) groups excluding carboxylic acids is 1. The maximum atomic E-state index is 11.3. The third-order valence-electron chi connectivity index (χ3n) is 2.40. The Balaban J connectivity index is 2.67. The van der Waals surface area contributed by atoms with Crippen molar-refractivity contribution in [3.63, 3.8) is 0 Å². The van der Waals surface area contributed by atoms with Crippen LogP contribution in [0, 0.1) is 0 Å². The van der Waals surface area contributed by atoms with Crippen molar-refractivity contribution in [1.29, 1.82) is 0 Å². The normalized spacial score (nSPS) is 14.8. The summed E-state index contributed by atoms with van der Waals surface area (Å²) in [5.41, 5.74) is 5.35. The summed E-state index contributed by atoms with van der Waals surface area (Å²) in [7, 11) is 0. The number of nitrogens with zero attached hydrogens (tertiary/aromatic N) is 2. The highest BCUT2D eigenvalue weighted by atomic mass is 16.1. The summed E-state index contributed by atoms with van der Waals surface area (Å²) in [5.74, 6) is -0.329. The van der Waals surface area contributed by atoms with Gasteiger partial charge in [0.05, 0.1) is 12.4 Å². The molecule has 1 aromatic rings. The second-order valence-electron chi connectivity index (χ2n) is 3.58. The molecule has 1 heterocycles. The molecule has 0 saturated heterocycles. The monoisotopic (exact) mass is 210 g/mol. The molecule has 0 radical (unpaired) electrons. The topological polar surface area (TPSA) is 72.9 Å². The Kier molecular flexibility index (Phi) is 4.30. The average molecular weight is 210 g/mol. The number of primary amides is 1. The first kappa shape index (κ1) is 11.7. The minimum Gasteiger partial charge on any atom is -0.368 e. The highest BCUT2D eigenvalue weighted by Crippen LogP contribution is 2.10. The Hall–Kier alpha value is -1.36. The van der Waals surface area contributed by atoms with Crippen LogP contribution in [0.5, 0.6) is 0 Å². The number of hydrogen-bond donors (Lipinski definition) is 2. The fourth-order valence-electron chi connectivity index (χ4n) is 1.49. The molecule has 0 aromatic carbocycles. The van der Waals surface area contributed by atoms with E-state index in [1.165, 1.54) is 0 Å². The van der Waals surface area contributed by atoms with Gasteiger partial charge in [-0.3, -0.25) is 4.79 Å². The Bertz CT molecular complexity index is 296. The molecule has 0 spiro atoms. The molecule has 0 saturated carbocycles. The Morgan fingerprint density at radius 2 is 2.40 bits per heavy atom. The zero-order chi connectivity index (χ0) is 11.3. The number of carbonyl (C=O) groups is 1. The summed E-state index contributed by atoms with van der Waals surface area (Å²) in [6, 6.07) is -0.365. The lowest BCUT2D eigenvalue weighted by atomic mass is 10.1. The van der Waals surface area contributed by atoms with E-state index in [4.69, 9.17) is 5.73 Å². The predicted octanol–water partition coefficient (Wildman–Crippen LogP) is 0.298. The fourth-order valence-corrected chi connectivity index (χ4v) is 1.49. The van der Waals surface area contributed by atoms with Crippen LogP contribution in [0.25, 0.3) is 0 Å². The first-order valence-corrected chi connectivity index (χ1v) is 5.17. The standard InChI is InChI=1S/C10H18N4O/c1-3-4-13-9(10(11)15)8(2)14-6-5-12-7-14/h5-9,13H,3-4H2,1-2H3,(H2,11,15). The Morgan fingerprint density at radius 3 is 2.87 bits per heavy atom. The second-order valence-corrected chi connectivity index (χ2v) is 3.58. The third-order valence-corrected chi connectivity index (χ3v) is 2.40. The molecule has 2 atom stereocenters. The molecule has 0 bridgehead atoms. The molecule has 3 N–H and O–H groups in total. The summed E-state index contributed by atoms with van der Waals surface area (Å²) in [4.78, 5) is 15.2. The minimum absolute atomic E-state index is 0.0171. The maximum Gasteiger partial charge on any atom is 0.236 e. The highest BCUT2D eigenvalue weighted by Gasteiger charge is 2.22. The van der Waals surface area contributed by atoms with Gasteiger partial charge in [0.1, 0.15) is 6.04 Å². The lowest BCUT2D eigenvalue weighted by Gasteiger charge is -2.23. The van der Waals surface area contributed by atoms with Gasteiger partial charge in [0, 0.05) is 12.4 Å². The van der Waals surface area contributed by atoms with E-state index in [1.54, 1.807) is 12.5 Å². The SMILES string of the molecule is CCCNC(C(N)=O)C(C)n1ccnc1. The third kappa shape index (κ3) is 3.06. The van der Waals surface area contributed by atoms with Crippen molar-refractivity contribution in [3.05, 3.63) is 18.7 Å². The first-order valence-electron chi connectivity index (χ1n) is 5.17. The van der Waals surface area contributed by atoms with Gasteiger partial charge in [0.15, 0.2) is 0 Å². The van der Waals surface area contributed by atoms with E-state index in [1.807, 2.05) is 24.6 Å². The van der Waals surface area contributed by atoms with Crippen molar-refractivity contribution in [2.75, 3.05) is 6.54 Å². The van der Waals surface area contributed by atoms with Crippen LogP contribution in [0.2, 0.25) is 0 Å². The first-order chi connectivity index (χ1) is 7.16. The number of hydrogen-bond acceptors (Lipinski definition) is 3. The molecule has 84 valence electrons. The Labute approximate surface area is 89.7 Å². The predicted molar refractivity (Wildman–Crippen MR) is 58.2 cm³/mol. The van der Waals surface area contributed by atoms with Crippen LogP contribution in [0.4, 0.5) is 0 Å². The number of rotatable bonds is 6. The molecule has 1 aromatic heterocycles. The van der Waals surface area contributed by atoms with Gasteiger partial charge in [0.25, 0.3) is 0 Å². The lowest BCUT2D eigenvalue weighted by molar-refractivity contribution is -0.120. The van der Waals surface area contributed by atoms with E-state index < -0.39 is 0 Å². The van der Waals surface area contributed by atoms with E-state index in [9.17, 15) is 4.79 Å². The highest BCUT2D eigenvalue weighted by molar-refractivity contribution is 5.80. The largest absolute Gasteiger partial charge is 0.368 e. The number of aromatic nitrogens is 2. The quantitative estimate of drug-likeness (QED) is 0.709. The van der Waals surface area contributed by atoms with Crippen LogP contribution in [0.3, 0.4) is 0 Å². The van der Waals surface area contributed by atoms with Gasteiger partial charge in [-0.2, -0.15) is 0 Å². The molecule has 0 aliphatic rings. The minimum atomic E-state index is -0.348. The van der Waals surface area contributed by atoms with Gasteiger partial charge in [-0.15, -0.1) is 0 Å². The number of amides is 1. The number of nitrogens with one attached hydrogen (secondary N) is 1. The summed E-state index contributed by atoms with van der Waals surface area (Å²) >= 11 is 0. The summed E-state index contributed by atoms with van der Waals surface area (Å²) in [6.45, 7) is 4.78. The van der Waals surface area contributed by atoms with E-state index >= 15 is 0 Å². The van der Waals surface area contributed by atoms with Gasteiger partial charge in [0.2, 0.25) is 5.91 Å². The molecular weight excluding hydrogens is 192 g/mol. The van der Waals surface area contributed by atoms with E-state index in [-0.39, 0.29) is 18.0 Å². The zero-order valence-corrected chi connectivity index (χ0v) is 9.18. The molecule has 5 heteroatoms. The van der Waals surface area contributed by atoms with Crippen molar-refractivity contribution in [2.45, 2.75) is 32.4 Å². The summed E-state index contributed by atoms with van der Waals surface area (Å²) in [6.07, 6.45) is 6.18. The molecule has 1 rings (SSSR count). The van der Waals surface area contributed by atoms with Crippen molar-refractivity contribution in [2.24, 2.45) is 5.73 Å². The van der Waals surface area contributed by atoms with Crippen molar-refractivity contribution < 1.29 is 4.79 Å². The van der Waals surface area contributed by atoms with Gasteiger partial charge >= 0.3 is 0 Å². The number of imidazole rings is 1. The van der Waals surface area contributed by atoms with Crippen molar-refractivity contribution >= 4 is 5.91 Å². The van der Waals surface area contributed by atoms with Crippen molar-refractivity contribution in [1.82, 2.24) is 14.9 Å². The van der Waals surface area contributed by atoms with E-state index in [2.05, 4.69) is 10.3 Å². The molecule has 0 fully saturated rings. The number of nitrogens with two attached hydrogens (primary N) is 1. The fraction of sp³-hybridized carbons (Fsp3) is 0.600. The lowest BCUT2D eigenvalue weighted by Crippen LogP contribution is -2.46. The van der Waals surface area contributed by atoms with E-state index in [0.717, 1.165) is 13.0 Å². The van der Waals surface area contributed by atoms with E-state index in [0.29, 0.717) is 0 Å². The van der Waals surface area contributed by atoms with Crippen molar-refractivity contribution in [3.8, 4) is 0 Å². The summed E-state index contributed by atoms with van der Waals surface area (Å²) < 4.78 is 1.87. The van der Waals surface area contributed by atoms with Gasteiger partial charge < -0.3 is 15.6 Å². The summed E-state index contributed by atoms with van der Waals surface area (Å²) in [5, 5.41) is 3.13. The molecule has 2 unspecified atom stereocenters. The van der Waals surface area contributed by atoms with Gasteiger partial charge in [-0.25, -0.2) is 4.98 Å². The van der Waals surface area contributed by atoms with Crippen LogP contribution >= 0.6 is 0 Å². The van der Waals surface area contributed by atoms with Crippen LogP contribution in [-0.4, -0.2) is 28.0 Å². The van der Waals surface area contributed by atoms with Gasteiger partial charge in [-0.1, -0.05) is 6.92 Å². The van der Waals surface area contributed by atoms with Gasteiger partial charge in [-0.05, 0) is 19.9 Å². The van der Waals surface area contributed by atoms with Crippen LogP contribution < -0.4 is 11.1 Å². The smallest absolute Gasteiger partial charge is 0.236 e. The molecule has 0 aliphatic carbocycles. The molecule has 1 amide bonds. The average Bonchev–Trinajstić information content (AvgIpc) is 2.70. The Morgan fingerprint density at radius 1 is 1.67 bits per heavy atom. The molecule has 15 heavy (non-hydrogen) atoms. The second kappa shape index (κ2) is 5.50. The van der Waals surface area contributed by atoms with Crippen LogP contribution in [0.1, 0.15) is 26.3 Å². The van der Waals surface area contributed by atoms with Crippen LogP contribution in [0.15, 0.2) is 18.7 Å². The zero-order valence-electron chi connectivity index (χ0n) is 9.18. The van der Waals surface area contributed by atoms with Crippen LogP contribution in [-0.2, 0) is 4.79 Å².